The Bertz CT molecular complexity index is 893. The van der Waals surface area contributed by atoms with Crippen molar-refractivity contribution in [2.75, 3.05) is 6.61 Å². The van der Waals surface area contributed by atoms with Crippen LogP contribution in [0.15, 0.2) is 23.2 Å². The normalized spacial score (nSPS) is 17.0. The van der Waals surface area contributed by atoms with Crippen LogP contribution in [0.5, 0.6) is 5.88 Å². The first-order valence-corrected chi connectivity index (χ1v) is 9.42. The average molecular weight is 365 g/mol. The Kier molecular flexibility index (Phi) is 4.71. The molecule has 0 aliphatic heterocycles. The van der Waals surface area contributed by atoms with E-state index in [4.69, 9.17) is 4.74 Å². The van der Waals surface area contributed by atoms with Gasteiger partial charge >= 0.3 is 0 Å². The van der Waals surface area contributed by atoms with E-state index in [2.05, 4.69) is 20.0 Å². The maximum absolute atomic E-state index is 12.6. The number of nitrogens with one attached hydrogen (secondary N) is 1. The van der Waals surface area contributed by atoms with Crippen molar-refractivity contribution in [3.05, 3.63) is 29.7 Å². The van der Waals surface area contributed by atoms with E-state index in [0.29, 0.717) is 19.3 Å². The van der Waals surface area contributed by atoms with E-state index in [1.807, 2.05) is 0 Å². The summed E-state index contributed by atoms with van der Waals surface area (Å²) >= 11 is 0. The Morgan fingerprint density at radius 1 is 1.48 bits per heavy atom. The third kappa shape index (κ3) is 3.48. The van der Waals surface area contributed by atoms with E-state index >= 15 is 0 Å². The minimum atomic E-state index is -4.06. The molecule has 1 aliphatic rings. The Hall–Kier alpha value is -2.49. The molecule has 1 atom stereocenters. The van der Waals surface area contributed by atoms with Gasteiger partial charge in [0.15, 0.2) is 0 Å². The zero-order chi connectivity index (χ0) is 18.0. The van der Waals surface area contributed by atoms with Gasteiger partial charge in [-0.2, -0.15) is 0 Å². The van der Waals surface area contributed by atoms with Crippen LogP contribution in [0, 0.1) is 5.92 Å². The second kappa shape index (κ2) is 6.79. The summed E-state index contributed by atoms with van der Waals surface area (Å²) in [5.74, 6) is -1.02. The molecule has 2 aromatic rings. The number of hydrogen-bond donors (Lipinski definition) is 1. The van der Waals surface area contributed by atoms with Crippen LogP contribution in [0.1, 0.15) is 24.7 Å². The van der Waals surface area contributed by atoms with Crippen LogP contribution in [0.3, 0.4) is 0 Å². The number of aryl methyl sites for hydroxylation is 2. The lowest BCUT2D eigenvalue weighted by Crippen LogP contribution is -2.38. The Morgan fingerprint density at radius 3 is 3.04 bits per heavy atom. The predicted molar refractivity (Wildman–Crippen MR) is 87.3 cm³/mol. The highest BCUT2D eigenvalue weighted by Gasteiger charge is 2.31. The molecule has 2 heterocycles. The first-order chi connectivity index (χ1) is 11.9. The number of carbonyl (C=O) groups is 1. The highest BCUT2D eigenvalue weighted by molar-refractivity contribution is 7.90. The number of rotatable bonds is 5. The minimum Gasteiger partial charge on any atom is -0.477 e. The van der Waals surface area contributed by atoms with Crippen molar-refractivity contribution in [1.29, 1.82) is 0 Å². The average Bonchev–Trinajstić information content (AvgIpc) is 2.96. The predicted octanol–water partition coefficient (Wildman–Crippen LogP) is 0.219. The molecule has 1 amide bonds. The molecule has 0 saturated carbocycles. The van der Waals surface area contributed by atoms with Crippen molar-refractivity contribution in [2.45, 2.75) is 31.1 Å². The number of aromatic nitrogens is 4. The summed E-state index contributed by atoms with van der Waals surface area (Å²) in [6.45, 7) is 2.00. The third-order valence-corrected chi connectivity index (χ3v) is 5.46. The molecule has 134 valence electrons. The Morgan fingerprint density at radius 2 is 2.28 bits per heavy atom. The summed E-state index contributed by atoms with van der Waals surface area (Å²) in [6.07, 6.45) is 2.96. The summed E-state index contributed by atoms with van der Waals surface area (Å²) in [7, 11) is -2.30. The largest absolute Gasteiger partial charge is 0.477 e. The highest BCUT2D eigenvalue weighted by Crippen LogP contribution is 2.25. The number of nitrogens with zero attached hydrogens (tertiary/aromatic N) is 4. The van der Waals surface area contributed by atoms with Crippen LogP contribution in [0.4, 0.5) is 0 Å². The molecule has 2 aromatic heterocycles. The molecule has 0 fully saturated rings. The quantitative estimate of drug-likeness (QED) is 0.805. The second-order valence-corrected chi connectivity index (χ2v) is 7.41. The smallest absolute Gasteiger partial charge is 0.269 e. The van der Waals surface area contributed by atoms with Crippen LogP contribution in [0.2, 0.25) is 0 Å². The molecular formula is C15H19N5O4S. The van der Waals surface area contributed by atoms with Gasteiger partial charge in [-0.15, -0.1) is 5.10 Å². The van der Waals surface area contributed by atoms with Gasteiger partial charge in [-0.3, -0.25) is 9.48 Å². The molecule has 10 heteroatoms. The number of amides is 1. The molecule has 9 nitrogen and oxygen atoms in total. The minimum absolute atomic E-state index is 0.0212. The van der Waals surface area contributed by atoms with E-state index in [0.717, 1.165) is 11.4 Å². The van der Waals surface area contributed by atoms with E-state index in [-0.39, 0.29) is 17.4 Å². The molecule has 3 rings (SSSR count). The van der Waals surface area contributed by atoms with Gasteiger partial charge in [-0.25, -0.2) is 18.1 Å². The van der Waals surface area contributed by atoms with Crippen LogP contribution >= 0.6 is 0 Å². The van der Waals surface area contributed by atoms with Gasteiger partial charge in [0.2, 0.25) is 11.8 Å². The van der Waals surface area contributed by atoms with Crippen molar-refractivity contribution in [2.24, 2.45) is 13.0 Å². The fourth-order valence-electron chi connectivity index (χ4n) is 2.83. The molecule has 0 spiro atoms. The number of carbonyl (C=O) groups excluding carboxylic acids is 1. The Labute approximate surface area is 145 Å². The van der Waals surface area contributed by atoms with Gasteiger partial charge in [0.05, 0.1) is 18.0 Å². The summed E-state index contributed by atoms with van der Waals surface area (Å²) in [4.78, 5) is 16.3. The molecule has 25 heavy (non-hydrogen) atoms. The maximum atomic E-state index is 12.6. The van der Waals surface area contributed by atoms with E-state index in [1.54, 1.807) is 18.7 Å². The van der Waals surface area contributed by atoms with Crippen LogP contribution in [-0.4, -0.2) is 40.9 Å². The molecule has 0 radical (unpaired) electrons. The fraction of sp³-hybridized carbons (Fsp3) is 0.467. The van der Waals surface area contributed by atoms with Gasteiger partial charge < -0.3 is 4.74 Å². The van der Waals surface area contributed by atoms with Crippen molar-refractivity contribution in [1.82, 2.24) is 24.7 Å². The molecule has 1 unspecified atom stereocenters. The lowest BCUT2D eigenvalue weighted by Gasteiger charge is -2.21. The molecule has 0 bridgehead atoms. The van der Waals surface area contributed by atoms with Crippen molar-refractivity contribution >= 4 is 15.9 Å². The number of hydrogen-bond acceptors (Lipinski definition) is 7. The molecule has 1 N–H and O–H groups in total. The standard InChI is InChI=1S/C15H19N5O4S/c1-3-24-15-13(5-4-8-16-15)25(22,23)18-14(21)10-6-7-11-12(9-10)20(2)19-17-11/h4-5,8,10H,3,6-7,9H2,1-2H3,(H,18,21). The molecule has 1 aliphatic carbocycles. The van der Waals surface area contributed by atoms with Gasteiger partial charge in [0, 0.05) is 25.6 Å². The first kappa shape index (κ1) is 17.3. The lowest BCUT2D eigenvalue weighted by atomic mass is 9.89. The van der Waals surface area contributed by atoms with Crippen LogP contribution in [0.25, 0.3) is 0 Å². The van der Waals surface area contributed by atoms with Crippen molar-refractivity contribution in [3.8, 4) is 5.88 Å². The van der Waals surface area contributed by atoms with Crippen LogP contribution in [-0.2, 0) is 34.7 Å². The Balaban J connectivity index is 1.78. The summed E-state index contributed by atoms with van der Waals surface area (Å²) in [5, 5.41) is 7.98. The molecular weight excluding hydrogens is 346 g/mol. The van der Waals surface area contributed by atoms with E-state index in [1.165, 1.54) is 18.3 Å². The maximum Gasteiger partial charge on any atom is 0.269 e. The monoisotopic (exact) mass is 365 g/mol. The zero-order valence-corrected chi connectivity index (χ0v) is 14.8. The SMILES string of the molecule is CCOc1ncccc1S(=O)(=O)NC(=O)C1CCc2nnn(C)c2C1. The molecule has 0 saturated heterocycles. The summed E-state index contributed by atoms with van der Waals surface area (Å²) in [6, 6.07) is 2.84. The number of sulfonamides is 1. The van der Waals surface area contributed by atoms with Crippen LogP contribution < -0.4 is 9.46 Å². The summed E-state index contributed by atoms with van der Waals surface area (Å²) < 4.78 is 34.1. The summed E-state index contributed by atoms with van der Waals surface area (Å²) in [5.41, 5.74) is 1.72. The van der Waals surface area contributed by atoms with Gasteiger partial charge in [0.25, 0.3) is 10.0 Å². The van der Waals surface area contributed by atoms with E-state index < -0.39 is 21.8 Å². The first-order valence-electron chi connectivity index (χ1n) is 7.94. The number of ether oxygens (including phenoxy) is 1. The number of pyridine rings is 1. The van der Waals surface area contributed by atoms with Gasteiger partial charge in [-0.1, -0.05) is 5.21 Å². The van der Waals surface area contributed by atoms with Crippen molar-refractivity contribution in [3.63, 3.8) is 0 Å². The topological polar surface area (TPSA) is 116 Å². The molecule has 0 aromatic carbocycles. The van der Waals surface area contributed by atoms with E-state index in [9.17, 15) is 13.2 Å². The van der Waals surface area contributed by atoms with Gasteiger partial charge in [-0.05, 0) is 31.9 Å². The lowest BCUT2D eigenvalue weighted by molar-refractivity contribution is -0.123. The van der Waals surface area contributed by atoms with Gasteiger partial charge in [0.1, 0.15) is 4.90 Å². The highest BCUT2D eigenvalue weighted by atomic mass is 32.2. The number of fused-ring (bicyclic) bond motifs is 1. The third-order valence-electron chi connectivity index (χ3n) is 4.11. The zero-order valence-electron chi connectivity index (χ0n) is 14.0. The fourth-order valence-corrected chi connectivity index (χ4v) is 3.97. The van der Waals surface area contributed by atoms with Crippen molar-refractivity contribution < 1.29 is 17.9 Å². The second-order valence-electron chi connectivity index (χ2n) is 5.76.